The van der Waals surface area contributed by atoms with Gasteiger partial charge >= 0.3 is 0 Å². The molecule has 1 atom stereocenters. The van der Waals surface area contributed by atoms with Crippen LogP contribution in [0.2, 0.25) is 0 Å². The Bertz CT molecular complexity index is 1950. The van der Waals surface area contributed by atoms with Crippen molar-refractivity contribution in [2.24, 2.45) is 0 Å². The molecule has 5 aromatic rings. The SMILES string of the molecule is C=CC(C)(CC)c1ccc(N(c2ccc(N(c3ccc(C)cc3)c3c(C)cc(C(C)(C)C)cc3C)cc2)c2c(C)cc(C(C)(C)C)cc2C)cc1. The van der Waals surface area contributed by atoms with Gasteiger partial charge in [-0.25, -0.2) is 0 Å². The zero-order valence-electron chi connectivity index (χ0n) is 33.6. The van der Waals surface area contributed by atoms with E-state index in [9.17, 15) is 0 Å². The average Bonchev–Trinajstić information content (AvgIpc) is 3.07. The van der Waals surface area contributed by atoms with E-state index in [0.717, 1.165) is 29.2 Å². The summed E-state index contributed by atoms with van der Waals surface area (Å²) in [6.07, 6.45) is 3.08. The molecule has 0 fully saturated rings. The van der Waals surface area contributed by atoms with E-state index in [4.69, 9.17) is 0 Å². The first-order chi connectivity index (χ1) is 23.9. The Hall–Kier alpha value is -4.56. The first-order valence-electron chi connectivity index (χ1n) is 18.6. The van der Waals surface area contributed by atoms with E-state index in [1.165, 1.54) is 55.9 Å². The van der Waals surface area contributed by atoms with Gasteiger partial charge in [-0.05, 0) is 139 Å². The summed E-state index contributed by atoms with van der Waals surface area (Å²) in [5.41, 5.74) is 17.4. The van der Waals surface area contributed by atoms with Crippen LogP contribution in [-0.2, 0) is 16.2 Å². The standard InChI is InChI=1S/C49H60N2/c1-15-49(14,16-2)38-19-23-42(24-20-38)51(46-36(6)31-40(32-37(46)7)48(11,12)13)44-27-25-43(26-28-44)50(41-21-17-33(3)18-22-41)45-34(4)29-39(30-35(45)5)47(8,9)10/h15,17-32H,1,16H2,2-14H3. The Labute approximate surface area is 309 Å². The molecule has 5 aromatic carbocycles. The lowest BCUT2D eigenvalue weighted by molar-refractivity contribution is 0.574. The minimum atomic E-state index is -0.0635. The van der Waals surface area contributed by atoms with Crippen molar-refractivity contribution in [2.45, 2.75) is 113 Å². The largest absolute Gasteiger partial charge is 0.310 e. The third-order valence-corrected chi connectivity index (χ3v) is 10.8. The molecular formula is C49H60N2. The topological polar surface area (TPSA) is 6.48 Å². The van der Waals surface area contributed by atoms with Crippen LogP contribution in [0.1, 0.15) is 106 Å². The van der Waals surface area contributed by atoms with Crippen LogP contribution >= 0.6 is 0 Å². The van der Waals surface area contributed by atoms with E-state index >= 15 is 0 Å². The van der Waals surface area contributed by atoms with Crippen molar-refractivity contribution in [3.8, 4) is 0 Å². The molecule has 0 radical (unpaired) electrons. The summed E-state index contributed by atoms with van der Waals surface area (Å²) < 4.78 is 0. The molecule has 0 heterocycles. The fourth-order valence-electron chi connectivity index (χ4n) is 7.20. The second-order valence-electron chi connectivity index (χ2n) is 17.0. The van der Waals surface area contributed by atoms with E-state index in [1.54, 1.807) is 0 Å². The van der Waals surface area contributed by atoms with Gasteiger partial charge in [-0.1, -0.05) is 116 Å². The molecule has 5 rings (SSSR count). The van der Waals surface area contributed by atoms with Gasteiger partial charge < -0.3 is 9.80 Å². The number of nitrogens with zero attached hydrogens (tertiary/aromatic N) is 2. The van der Waals surface area contributed by atoms with Crippen molar-refractivity contribution < 1.29 is 0 Å². The molecule has 0 saturated carbocycles. The van der Waals surface area contributed by atoms with Crippen LogP contribution in [0.3, 0.4) is 0 Å². The predicted molar refractivity (Wildman–Crippen MR) is 225 cm³/mol. The Morgan fingerprint density at radius 1 is 0.471 bits per heavy atom. The summed E-state index contributed by atoms with van der Waals surface area (Å²) in [4.78, 5) is 4.86. The minimum Gasteiger partial charge on any atom is -0.310 e. The van der Waals surface area contributed by atoms with Gasteiger partial charge in [-0.2, -0.15) is 0 Å². The summed E-state index contributed by atoms with van der Waals surface area (Å²) in [5.74, 6) is 0. The number of anilines is 6. The molecular weight excluding hydrogens is 617 g/mol. The summed E-state index contributed by atoms with van der Waals surface area (Å²) in [6, 6.07) is 36.6. The first kappa shape index (κ1) is 37.7. The van der Waals surface area contributed by atoms with Crippen molar-refractivity contribution in [3.63, 3.8) is 0 Å². The van der Waals surface area contributed by atoms with E-state index in [2.05, 4.69) is 210 Å². The Balaban J connectivity index is 1.69. The second-order valence-corrected chi connectivity index (χ2v) is 17.0. The molecule has 0 aliphatic heterocycles. The van der Waals surface area contributed by atoms with E-state index < -0.39 is 0 Å². The molecule has 2 heteroatoms. The van der Waals surface area contributed by atoms with Gasteiger partial charge in [0.2, 0.25) is 0 Å². The highest BCUT2D eigenvalue weighted by Crippen LogP contribution is 2.45. The molecule has 0 aliphatic rings. The zero-order valence-corrected chi connectivity index (χ0v) is 33.6. The number of hydrogen-bond donors (Lipinski definition) is 0. The normalized spacial score (nSPS) is 13.1. The summed E-state index contributed by atoms with van der Waals surface area (Å²) >= 11 is 0. The number of aryl methyl sites for hydroxylation is 5. The van der Waals surface area contributed by atoms with Gasteiger partial charge in [0.1, 0.15) is 0 Å². The first-order valence-corrected chi connectivity index (χ1v) is 18.6. The predicted octanol–water partition coefficient (Wildman–Crippen LogP) is 14.6. The molecule has 51 heavy (non-hydrogen) atoms. The maximum absolute atomic E-state index is 4.17. The number of allylic oxidation sites excluding steroid dienone is 1. The molecule has 0 amide bonds. The maximum atomic E-state index is 4.17. The lowest BCUT2D eigenvalue weighted by Gasteiger charge is -2.33. The van der Waals surface area contributed by atoms with Crippen molar-refractivity contribution in [1.29, 1.82) is 0 Å². The van der Waals surface area contributed by atoms with E-state index in [1.807, 2.05) is 0 Å². The molecule has 1 unspecified atom stereocenters. The van der Waals surface area contributed by atoms with Crippen LogP contribution in [-0.4, -0.2) is 0 Å². The Kier molecular flexibility index (Phi) is 10.5. The average molecular weight is 677 g/mol. The lowest BCUT2D eigenvalue weighted by Crippen LogP contribution is -2.19. The molecule has 0 aromatic heterocycles. The summed E-state index contributed by atoms with van der Waals surface area (Å²) in [6.45, 7) is 33.6. The summed E-state index contributed by atoms with van der Waals surface area (Å²) in [7, 11) is 0. The van der Waals surface area contributed by atoms with Crippen LogP contribution in [0, 0.1) is 34.6 Å². The quantitative estimate of drug-likeness (QED) is 0.143. The molecule has 2 nitrogen and oxygen atoms in total. The second kappa shape index (κ2) is 14.2. The van der Waals surface area contributed by atoms with Crippen molar-refractivity contribution in [1.82, 2.24) is 0 Å². The van der Waals surface area contributed by atoms with Gasteiger partial charge in [0.05, 0.1) is 11.4 Å². The third-order valence-electron chi connectivity index (χ3n) is 10.8. The molecule has 0 bridgehead atoms. The number of rotatable bonds is 9. The molecule has 0 spiro atoms. The van der Waals surface area contributed by atoms with Crippen LogP contribution in [0.25, 0.3) is 0 Å². The molecule has 0 aliphatic carbocycles. The van der Waals surface area contributed by atoms with Crippen LogP contribution < -0.4 is 9.80 Å². The number of benzene rings is 5. The number of hydrogen-bond acceptors (Lipinski definition) is 2. The van der Waals surface area contributed by atoms with Gasteiger partial charge in [-0.3, -0.25) is 0 Å². The molecule has 266 valence electrons. The van der Waals surface area contributed by atoms with Gasteiger partial charge in [0.25, 0.3) is 0 Å². The molecule has 0 N–H and O–H groups in total. The Morgan fingerprint density at radius 3 is 1.04 bits per heavy atom. The van der Waals surface area contributed by atoms with Crippen LogP contribution in [0.5, 0.6) is 0 Å². The zero-order chi connectivity index (χ0) is 37.5. The van der Waals surface area contributed by atoms with Crippen molar-refractivity contribution >= 4 is 34.1 Å². The van der Waals surface area contributed by atoms with Crippen molar-refractivity contribution in [2.75, 3.05) is 9.80 Å². The van der Waals surface area contributed by atoms with E-state index in [0.29, 0.717) is 0 Å². The van der Waals surface area contributed by atoms with Crippen LogP contribution in [0.4, 0.5) is 34.1 Å². The molecule has 0 saturated heterocycles. The Morgan fingerprint density at radius 2 is 0.765 bits per heavy atom. The van der Waals surface area contributed by atoms with E-state index in [-0.39, 0.29) is 16.2 Å². The lowest BCUT2D eigenvalue weighted by atomic mass is 9.80. The smallest absolute Gasteiger partial charge is 0.0520 e. The van der Waals surface area contributed by atoms with Gasteiger partial charge in [0.15, 0.2) is 0 Å². The highest BCUT2D eigenvalue weighted by molar-refractivity contribution is 5.85. The van der Waals surface area contributed by atoms with Crippen LogP contribution in [0.15, 0.2) is 110 Å². The van der Waals surface area contributed by atoms with Gasteiger partial charge in [0, 0.05) is 28.2 Å². The minimum absolute atomic E-state index is 0.0635. The maximum Gasteiger partial charge on any atom is 0.0520 e. The van der Waals surface area contributed by atoms with Gasteiger partial charge in [-0.15, -0.1) is 6.58 Å². The fraction of sp³-hybridized carbons (Fsp3) is 0.347. The van der Waals surface area contributed by atoms with Crippen molar-refractivity contribution in [3.05, 3.63) is 154 Å². The highest BCUT2D eigenvalue weighted by Gasteiger charge is 2.25. The monoisotopic (exact) mass is 676 g/mol. The summed E-state index contributed by atoms with van der Waals surface area (Å²) in [5, 5.41) is 0. The highest BCUT2D eigenvalue weighted by atomic mass is 15.2. The fourth-order valence-corrected chi connectivity index (χ4v) is 7.20. The third kappa shape index (κ3) is 7.71.